The third-order valence-electron chi connectivity index (χ3n) is 3.44. The van der Waals surface area contributed by atoms with Crippen LogP contribution in [0.15, 0.2) is 28.7 Å². The smallest absolute Gasteiger partial charge is 0.181 e. The van der Waals surface area contributed by atoms with Gasteiger partial charge in [0.2, 0.25) is 0 Å². The molecule has 3 heterocycles. The molecular formula is C13H17N5S3. The van der Waals surface area contributed by atoms with Crippen molar-refractivity contribution in [3.63, 3.8) is 0 Å². The van der Waals surface area contributed by atoms with Crippen LogP contribution >= 0.6 is 35.3 Å². The second kappa shape index (κ2) is 6.87. The Labute approximate surface area is 137 Å². The van der Waals surface area contributed by atoms with Gasteiger partial charge in [-0.1, -0.05) is 29.2 Å². The van der Waals surface area contributed by atoms with Gasteiger partial charge in [0.05, 0.1) is 6.67 Å². The van der Waals surface area contributed by atoms with Crippen LogP contribution in [0.3, 0.4) is 0 Å². The summed E-state index contributed by atoms with van der Waals surface area (Å²) in [6.07, 6.45) is 3.88. The number of pyridine rings is 1. The average Bonchev–Trinajstić information content (AvgIpc) is 2.89. The maximum absolute atomic E-state index is 5.37. The van der Waals surface area contributed by atoms with Crippen LogP contribution in [-0.2, 0) is 6.67 Å². The average molecular weight is 340 g/mol. The highest BCUT2D eigenvalue weighted by atomic mass is 32.2. The highest BCUT2D eigenvalue weighted by molar-refractivity contribution is 8.00. The summed E-state index contributed by atoms with van der Waals surface area (Å²) in [7, 11) is 0. The lowest BCUT2D eigenvalue weighted by Crippen LogP contribution is -2.47. The molecule has 1 fully saturated rings. The van der Waals surface area contributed by atoms with Crippen molar-refractivity contribution in [1.82, 2.24) is 19.7 Å². The van der Waals surface area contributed by atoms with Gasteiger partial charge in [0.1, 0.15) is 5.82 Å². The Balaban J connectivity index is 1.58. The van der Waals surface area contributed by atoms with E-state index in [0.29, 0.717) is 0 Å². The van der Waals surface area contributed by atoms with Crippen molar-refractivity contribution < 1.29 is 0 Å². The Bertz CT molecular complexity index is 631. The molecule has 2 aromatic rings. The van der Waals surface area contributed by atoms with E-state index in [0.717, 1.165) is 47.0 Å². The summed E-state index contributed by atoms with van der Waals surface area (Å²) < 4.78 is 3.82. The Morgan fingerprint density at radius 2 is 2.10 bits per heavy atom. The summed E-state index contributed by atoms with van der Waals surface area (Å²) in [4.78, 5) is 9.12. The summed E-state index contributed by atoms with van der Waals surface area (Å²) in [5.41, 5.74) is 0. The number of aromatic nitrogens is 3. The number of thioether (sulfide) groups is 1. The fraction of sp³-hybridized carbons (Fsp3) is 0.462. The van der Waals surface area contributed by atoms with Crippen molar-refractivity contribution in [2.24, 2.45) is 0 Å². The lowest BCUT2D eigenvalue weighted by molar-refractivity contribution is 0.193. The van der Waals surface area contributed by atoms with Gasteiger partial charge in [0.15, 0.2) is 8.29 Å². The molecule has 0 atom stereocenters. The highest BCUT2D eigenvalue weighted by Crippen LogP contribution is 2.19. The Kier molecular flexibility index (Phi) is 4.89. The third-order valence-corrected chi connectivity index (χ3v) is 5.73. The van der Waals surface area contributed by atoms with Crippen molar-refractivity contribution >= 4 is 41.1 Å². The van der Waals surface area contributed by atoms with Gasteiger partial charge in [-0.05, 0) is 30.6 Å². The van der Waals surface area contributed by atoms with E-state index in [-0.39, 0.29) is 0 Å². The molecule has 3 rings (SSSR count). The molecule has 8 heteroatoms. The predicted molar refractivity (Wildman–Crippen MR) is 90.7 cm³/mol. The van der Waals surface area contributed by atoms with Gasteiger partial charge >= 0.3 is 0 Å². The Morgan fingerprint density at radius 1 is 1.29 bits per heavy atom. The van der Waals surface area contributed by atoms with E-state index in [1.807, 2.05) is 29.3 Å². The second-order valence-corrected chi connectivity index (χ2v) is 7.45. The van der Waals surface area contributed by atoms with E-state index in [1.54, 1.807) is 23.1 Å². The SMILES string of the molecule is CSc1nn(CN2CCN(c3ccccn3)CC2)c(=S)s1. The first-order chi connectivity index (χ1) is 10.3. The molecule has 0 aliphatic carbocycles. The van der Waals surface area contributed by atoms with Gasteiger partial charge in [0, 0.05) is 32.4 Å². The molecule has 1 aliphatic heterocycles. The van der Waals surface area contributed by atoms with Crippen LogP contribution in [0.2, 0.25) is 0 Å². The molecule has 1 aliphatic rings. The van der Waals surface area contributed by atoms with Crippen molar-refractivity contribution in [2.45, 2.75) is 11.0 Å². The molecule has 0 amide bonds. The molecule has 112 valence electrons. The fourth-order valence-electron chi connectivity index (χ4n) is 2.31. The summed E-state index contributed by atoms with van der Waals surface area (Å²) in [6.45, 7) is 4.77. The Morgan fingerprint density at radius 3 is 2.71 bits per heavy atom. The first-order valence-corrected chi connectivity index (χ1v) is 9.21. The Hall–Kier alpha value is -0.960. The van der Waals surface area contributed by atoms with Crippen LogP contribution < -0.4 is 4.90 Å². The monoisotopic (exact) mass is 339 g/mol. The number of hydrogen-bond acceptors (Lipinski definition) is 7. The number of hydrogen-bond donors (Lipinski definition) is 0. The molecule has 0 saturated carbocycles. The second-order valence-electron chi connectivity index (χ2n) is 4.77. The first-order valence-electron chi connectivity index (χ1n) is 6.76. The van der Waals surface area contributed by atoms with Crippen molar-refractivity contribution in [3.05, 3.63) is 28.4 Å². The van der Waals surface area contributed by atoms with Crippen molar-refractivity contribution in [3.8, 4) is 0 Å². The molecule has 1 saturated heterocycles. The summed E-state index contributed by atoms with van der Waals surface area (Å²) >= 11 is 8.60. The molecule has 0 unspecified atom stereocenters. The minimum atomic E-state index is 0.784. The third kappa shape index (κ3) is 3.63. The van der Waals surface area contributed by atoms with Crippen molar-refractivity contribution in [2.75, 3.05) is 37.3 Å². The van der Waals surface area contributed by atoms with Crippen LogP contribution in [0.5, 0.6) is 0 Å². The fourth-order valence-corrected chi connectivity index (χ4v) is 4.04. The van der Waals surface area contributed by atoms with E-state index in [4.69, 9.17) is 12.2 Å². The number of nitrogens with zero attached hydrogens (tertiary/aromatic N) is 5. The minimum absolute atomic E-state index is 0.784. The van der Waals surface area contributed by atoms with Crippen LogP contribution in [0.4, 0.5) is 5.82 Å². The number of anilines is 1. The molecule has 5 nitrogen and oxygen atoms in total. The van der Waals surface area contributed by atoms with Gasteiger partial charge < -0.3 is 4.90 Å². The van der Waals surface area contributed by atoms with Gasteiger partial charge in [0.25, 0.3) is 0 Å². The molecule has 2 aromatic heterocycles. The van der Waals surface area contributed by atoms with Gasteiger partial charge in [-0.3, -0.25) is 4.90 Å². The molecule has 0 bridgehead atoms. The zero-order valence-electron chi connectivity index (χ0n) is 11.8. The molecular weight excluding hydrogens is 322 g/mol. The molecule has 0 N–H and O–H groups in total. The maximum atomic E-state index is 5.37. The van der Waals surface area contributed by atoms with Crippen LogP contribution in [0.25, 0.3) is 0 Å². The predicted octanol–water partition coefficient (Wildman–Crippen LogP) is 2.57. The quantitative estimate of drug-likeness (QED) is 0.629. The number of piperazine rings is 1. The lowest BCUT2D eigenvalue weighted by atomic mass is 10.3. The molecule has 0 aromatic carbocycles. The molecule has 21 heavy (non-hydrogen) atoms. The topological polar surface area (TPSA) is 37.2 Å². The zero-order valence-corrected chi connectivity index (χ0v) is 14.3. The van der Waals surface area contributed by atoms with Crippen LogP contribution in [-0.4, -0.2) is 52.1 Å². The minimum Gasteiger partial charge on any atom is -0.354 e. The maximum Gasteiger partial charge on any atom is 0.181 e. The number of rotatable bonds is 4. The standard InChI is InChI=1S/C13H17N5S3/c1-20-12-15-18(13(19)21-12)10-16-6-8-17(9-7-16)11-4-2-3-5-14-11/h2-5H,6-10H2,1H3. The van der Waals surface area contributed by atoms with E-state index in [9.17, 15) is 0 Å². The van der Waals surface area contributed by atoms with Crippen molar-refractivity contribution in [1.29, 1.82) is 0 Å². The largest absolute Gasteiger partial charge is 0.354 e. The molecule has 0 spiro atoms. The van der Waals surface area contributed by atoms with Gasteiger partial charge in [-0.2, -0.15) is 5.10 Å². The zero-order chi connectivity index (χ0) is 14.7. The normalized spacial score (nSPS) is 16.3. The van der Waals surface area contributed by atoms with Crippen LogP contribution in [0.1, 0.15) is 0 Å². The van der Waals surface area contributed by atoms with Gasteiger partial charge in [-0.25, -0.2) is 9.67 Å². The van der Waals surface area contributed by atoms with Crippen LogP contribution in [0, 0.1) is 3.95 Å². The van der Waals surface area contributed by atoms with E-state index in [1.165, 1.54) is 0 Å². The summed E-state index contributed by atoms with van der Waals surface area (Å²) in [5.74, 6) is 1.06. The molecule has 0 radical (unpaired) electrons. The lowest BCUT2D eigenvalue weighted by Gasteiger charge is -2.35. The van der Waals surface area contributed by atoms with E-state index in [2.05, 4.69) is 25.9 Å². The summed E-state index contributed by atoms with van der Waals surface area (Å²) in [5, 5.41) is 4.53. The summed E-state index contributed by atoms with van der Waals surface area (Å²) in [6, 6.07) is 6.05. The van der Waals surface area contributed by atoms with E-state index >= 15 is 0 Å². The van der Waals surface area contributed by atoms with E-state index < -0.39 is 0 Å². The highest BCUT2D eigenvalue weighted by Gasteiger charge is 2.18. The van der Waals surface area contributed by atoms with Gasteiger partial charge in [-0.15, -0.1) is 0 Å². The first kappa shape index (κ1) is 15.0.